The van der Waals surface area contributed by atoms with Crippen molar-refractivity contribution in [1.82, 2.24) is 0 Å². The molecule has 0 bridgehead atoms. The Morgan fingerprint density at radius 2 is 1.71 bits per heavy atom. The lowest BCUT2D eigenvalue weighted by atomic mass is 9.90. The summed E-state index contributed by atoms with van der Waals surface area (Å²) in [7, 11) is 0. The van der Waals surface area contributed by atoms with E-state index >= 15 is 0 Å². The molecule has 1 unspecified atom stereocenters. The second kappa shape index (κ2) is 4.63. The van der Waals surface area contributed by atoms with E-state index in [1.54, 1.807) is 0 Å². The minimum Gasteiger partial charge on any atom is -0.0648 e. The highest BCUT2D eigenvalue weighted by Gasteiger charge is 2.08. The first kappa shape index (κ1) is 11.3. The lowest BCUT2D eigenvalue weighted by Crippen LogP contribution is -1.98. The summed E-state index contributed by atoms with van der Waals surface area (Å²) >= 11 is 0. The molecule has 1 aromatic rings. The number of aryl methyl sites for hydroxylation is 3. The first-order valence-corrected chi connectivity index (χ1v) is 5.70. The summed E-state index contributed by atoms with van der Waals surface area (Å²) in [6.45, 7) is 11.3. The molecule has 1 atom stereocenters. The number of hydrogen-bond donors (Lipinski definition) is 0. The van der Waals surface area contributed by atoms with Gasteiger partial charge in [0.05, 0.1) is 0 Å². The Hall–Kier alpha value is -0.780. The summed E-state index contributed by atoms with van der Waals surface area (Å²) < 4.78 is 0. The minimum atomic E-state index is 0.694. The summed E-state index contributed by atoms with van der Waals surface area (Å²) in [5, 5.41) is 0. The third-order valence-corrected chi connectivity index (χ3v) is 3.25. The summed E-state index contributed by atoms with van der Waals surface area (Å²) in [5.74, 6) is 0.694. The van der Waals surface area contributed by atoms with Gasteiger partial charge in [-0.3, -0.25) is 0 Å². The third-order valence-electron chi connectivity index (χ3n) is 3.25. The summed E-state index contributed by atoms with van der Waals surface area (Å²) in [6.07, 6.45) is 2.37. The van der Waals surface area contributed by atoms with Crippen molar-refractivity contribution < 1.29 is 0 Å². The predicted octanol–water partition coefficient (Wildman–Crippen LogP) is 4.38. The minimum absolute atomic E-state index is 0.694. The fraction of sp³-hybridized carbons (Fsp3) is 0.571. The van der Waals surface area contributed by atoms with E-state index in [0.29, 0.717) is 5.92 Å². The van der Waals surface area contributed by atoms with E-state index in [-0.39, 0.29) is 0 Å². The van der Waals surface area contributed by atoms with Crippen LogP contribution in [0.5, 0.6) is 0 Å². The van der Waals surface area contributed by atoms with Crippen molar-refractivity contribution >= 4 is 0 Å². The molecule has 1 aromatic carbocycles. The van der Waals surface area contributed by atoms with E-state index in [1.165, 1.54) is 28.7 Å². The van der Waals surface area contributed by atoms with Crippen LogP contribution in [0.1, 0.15) is 55.4 Å². The van der Waals surface area contributed by atoms with Gasteiger partial charge in [0.15, 0.2) is 0 Å². The van der Waals surface area contributed by atoms with Crippen molar-refractivity contribution in [2.45, 2.75) is 53.4 Å². The van der Waals surface area contributed by atoms with E-state index in [1.807, 2.05) is 0 Å². The van der Waals surface area contributed by atoms with Gasteiger partial charge in [-0.2, -0.15) is 0 Å². The van der Waals surface area contributed by atoms with Crippen LogP contribution in [0.3, 0.4) is 0 Å². The fourth-order valence-corrected chi connectivity index (χ4v) is 2.03. The molecule has 0 heterocycles. The second-order valence-corrected chi connectivity index (χ2v) is 4.30. The molecule has 14 heavy (non-hydrogen) atoms. The highest BCUT2D eigenvalue weighted by atomic mass is 14.1. The van der Waals surface area contributed by atoms with Gasteiger partial charge in [0.25, 0.3) is 0 Å². The Morgan fingerprint density at radius 3 is 2.21 bits per heavy atom. The van der Waals surface area contributed by atoms with Crippen LogP contribution in [0, 0.1) is 13.8 Å². The molecule has 0 N–H and O–H groups in total. The molecule has 0 fully saturated rings. The molecular formula is C14H22. The van der Waals surface area contributed by atoms with Crippen molar-refractivity contribution in [2.75, 3.05) is 0 Å². The summed E-state index contributed by atoms with van der Waals surface area (Å²) in [6, 6.07) is 4.74. The highest BCUT2D eigenvalue weighted by Crippen LogP contribution is 2.25. The van der Waals surface area contributed by atoms with Crippen LogP contribution in [-0.2, 0) is 6.42 Å². The molecular weight excluding hydrogens is 168 g/mol. The Kier molecular flexibility index (Phi) is 3.74. The van der Waals surface area contributed by atoms with Crippen LogP contribution in [0.4, 0.5) is 0 Å². The van der Waals surface area contributed by atoms with E-state index in [2.05, 4.69) is 46.8 Å². The fourth-order valence-electron chi connectivity index (χ4n) is 2.03. The number of hydrogen-bond acceptors (Lipinski definition) is 0. The van der Waals surface area contributed by atoms with Gasteiger partial charge in [0, 0.05) is 0 Å². The average Bonchev–Trinajstić information content (AvgIpc) is 2.19. The maximum atomic E-state index is 2.38. The van der Waals surface area contributed by atoms with Crippen molar-refractivity contribution in [1.29, 1.82) is 0 Å². The molecule has 0 radical (unpaired) electrons. The third kappa shape index (κ3) is 2.17. The molecule has 1 rings (SSSR count). The van der Waals surface area contributed by atoms with Crippen molar-refractivity contribution in [2.24, 2.45) is 0 Å². The van der Waals surface area contributed by atoms with Gasteiger partial charge < -0.3 is 0 Å². The van der Waals surface area contributed by atoms with Crippen LogP contribution in [0.25, 0.3) is 0 Å². The molecule has 0 aliphatic rings. The standard InChI is InChI=1S/C14H22/c1-6-10(3)14-9-11(4)13(7-2)8-12(14)5/h8-10H,6-7H2,1-5H3. The molecule has 0 aromatic heterocycles. The Bertz CT molecular complexity index is 310. The van der Waals surface area contributed by atoms with Gasteiger partial charge in [-0.15, -0.1) is 0 Å². The Morgan fingerprint density at radius 1 is 1.07 bits per heavy atom. The molecule has 0 heteroatoms. The van der Waals surface area contributed by atoms with E-state index in [4.69, 9.17) is 0 Å². The molecule has 0 nitrogen and oxygen atoms in total. The molecule has 0 aliphatic heterocycles. The van der Waals surface area contributed by atoms with Crippen molar-refractivity contribution in [3.05, 3.63) is 34.4 Å². The van der Waals surface area contributed by atoms with Crippen molar-refractivity contribution in [3.63, 3.8) is 0 Å². The lowest BCUT2D eigenvalue weighted by Gasteiger charge is -2.15. The SMILES string of the molecule is CCc1cc(C)c(C(C)CC)cc1C. The van der Waals surface area contributed by atoms with E-state index < -0.39 is 0 Å². The Balaban J connectivity index is 3.14. The van der Waals surface area contributed by atoms with Crippen LogP contribution < -0.4 is 0 Å². The van der Waals surface area contributed by atoms with Gasteiger partial charge in [0.2, 0.25) is 0 Å². The predicted molar refractivity (Wildman–Crippen MR) is 64.0 cm³/mol. The number of rotatable bonds is 3. The lowest BCUT2D eigenvalue weighted by molar-refractivity contribution is 0.726. The molecule has 0 aliphatic carbocycles. The van der Waals surface area contributed by atoms with E-state index in [9.17, 15) is 0 Å². The van der Waals surface area contributed by atoms with Crippen LogP contribution in [0.15, 0.2) is 12.1 Å². The average molecular weight is 190 g/mol. The zero-order valence-electron chi connectivity index (χ0n) is 10.1. The monoisotopic (exact) mass is 190 g/mol. The summed E-state index contributed by atoms with van der Waals surface area (Å²) in [5.41, 5.74) is 5.94. The molecule has 0 saturated heterocycles. The van der Waals surface area contributed by atoms with Crippen molar-refractivity contribution in [3.8, 4) is 0 Å². The number of benzene rings is 1. The first-order valence-electron chi connectivity index (χ1n) is 5.70. The maximum Gasteiger partial charge on any atom is -0.0190 e. The largest absolute Gasteiger partial charge is 0.0648 e. The highest BCUT2D eigenvalue weighted by molar-refractivity contribution is 5.38. The van der Waals surface area contributed by atoms with Gasteiger partial charge in [-0.1, -0.05) is 32.9 Å². The summed E-state index contributed by atoms with van der Waals surface area (Å²) in [4.78, 5) is 0. The van der Waals surface area contributed by atoms with Gasteiger partial charge in [-0.05, 0) is 54.9 Å². The Labute approximate surface area is 88.4 Å². The molecule has 78 valence electrons. The zero-order chi connectivity index (χ0) is 10.7. The molecule has 0 spiro atoms. The van der Waals surface area contributed by atoms with Crippen LogP contribution in [-0.4, -0.2) is 0 Å². The van der Waals surface area contributed by atoms with Gasteiger partial charge in [0.1, 0.15) is 0 Å². The van der Waals surface area contributed by atoms with Crippen LogP contribution >= 0.6 is 0 Å². The van der Waals surface area contributed by atoms with Gasteiger partial charge in [-0.25, -0.2) is 0 Å². The normalized spacial score (nSPS) is 12.9. The second-order valence-electron chi connectivity index (χ2n) is 4.30. The smallest absolute Gasteiger partial charge is 0.0190 e. The maximum absolute atomic E-state index is 2.38. The molecule has 0 saturated carbocycles. The molecule has 0 amide bonds. The van der Waals surface area contributed by atoms with Crippen LogP contribution in [0.2, 0.25) is 0 Å². The topological polar surface area (TPSA) is 0 Å². The van der Waals surface area contributed by atoms with E-state index in [0.717, 1.165) is 6.42 Å². The van der Waals surface area contributed by atoms with Gasteiger partial charge >= 0.3 is 0 Å². The quantitative estimate of drug-likeness (QED) is 0.663. The first-order chi connectivity index (χ1) is 6.60. The zero-order valence-corrected chi connectivity index (χ0v) is 10.1.